The predicted octanol–water partition coefficient (Wildman–Crippen LogP) is 4.65. The Labute approximate surface area is 191 Å². The lowest BCUT2D eigenvalue weighted by molar-refractivity contribution is -0.136. The molecule has 1 fully saturated rings. The maximum Gasteiger partial charge on any atom is 0.313 e. The number of nitrogens with zero attached hydrogens (tertiary/aromatic N) is 1. The quantitative estimate of drug-likeness (QED) is 0.492. The van der Waals surface area contributed by atoms with Crippen LogP contribution in [0, 0.1) is 18.6 Å². The maximum atomic E-state index is 13.6. The Kier molecular flexibility index (Phi) is 6.35. The molecule has 0 radical (unpaired) electrons. The van der Waals surface area contributed by atoms with Gasteiger partial charge < -0.3 is 20.5 Å². The number of para-hydroxylation sites is 1. The van der Waals surface area contributed by atoms with Crippen LogP contribution in [-0.4, -0.2) is 34.9 Å². The molecule has 3 unspecified atom stereocenters. The van der Waals surface area contributed by atoms with Crippen molar-refractivity contribution in [3.8, 4) is 0 Å². The molecule has 0 bridgehead atoms. The Bertz CT molecular complexity index is 1190. The molecule has 4 rings (SSSR count). The zero-order valence-electron chi connectivity index (χ0n) is 18.9. The van der Waals surface area contributed by atoms with Crippen LogP contribution in [0.5, 0.6) is 0 Å². The summed E-state index contributed by atoms with van der Waals surface area (Å²) in [5.41, 5.74) is 2.95. The molecule has 8 heteroatoms. The molecule has 0 saturated carbocycles. The van der Waals surface area contributed by atoms with E-state index >= 15 is 0 Å². The van der Waals surface area contributed by atoms with E-state index in [9.17, 15) is 18.4 Å². The summed E-state index contributed by atoms with van der Waals surface area (Å²) < 4.78 is 27.0. The van der Waals surface area contributed by atoms with Crippen molar-refractivity contribution in [2.45, 2.75) is 58.2 Å². The van der Waals surface area contributed by atoms with Crippen LogP contribution in [0.1, 0.15) is 38.7 Å². The van der Waals surface area contributed by atoms with E-state index in [-0.39, 0.29) is 23.2 Å². The third-order valence-corrected chi connectivity index (χ3v) is 6.36. The van der Waals surface area contributed by atoms with Gasteiger partial charge in [-0.05, 0) is 57.7 Å². The van der Waals surface area contributed by atoms with Crippen LogP contribution >= 0.6 is 0 Å². The van der Waals surface area contributed by atoms with Crippen molar-refractivity contribution in [3.63, 3.8) is 0 Å². The number of aromatic nitrogens is 1. The molecule has 1 aromatic heterocycles. The van der Waals surface area contributed by atoms with Crippen LogP contribution in [-0.2, 0) is 9.59 Å². The molecule has 6 nitrogen and oxygen atoms in total. The van der Waals surface area contributed by atoms with Crippen LogP contribution in [0.2, 0.25) is 0 Å². The number of rotatable bonds is 5. The topological polar surface area (TPSA) is 77.2 Å². The number of benzene rings is 2. The second kappa shape index (κ2) is 9.21. The highest BCUT2D eigenvalue weighted by Gasteiger charge is 2.33. The highest BCUT2D eigenvalue weighted by atomic mass is 19.2. The normalized spacial score (nSPS) is 19.0. The summed E-state index contributed by atoms with van der Waals surface area (Å²) in [6.45, 7) is 6.19. The van der Waals surface area contributed by atoms with Crippen LogP contribution in [0.3, 0.4) is 0 Å². The first-order valence-electron chi connectivity index (χ1n) is 11.2. The smallest absolute Gasteiger partial charge is 0.313 e. The first-order chi connectivity index (χ1) is 15.7. The molecule has 1 aliphatic rings. The van der Waals surface area contributed by atoms with E-state index in [2.05, 4.69) is 46.5 Å². The lowest BCUT2D eigenvalue weighted by Gasteiger charge is -2.33. The molecule has 1 saturated heterocycles. The highest BCUT2D eigenvalue weighted by molar-refractivity contribution is 6.40. The molecule has 0 aliphatic carbocycles. The van der Waals surface area contributed by atoms with Gasteiger partial charge in [0.1, 0.15) is 0 Å². The van der Waals surface area contributed by atoms with Gasteiger partial charge in [0.2, 0.25) is 0 Å². The predicted molar refractivity (Wildman–Crippen MR) is 125 cm³/mol. The number of hydrogen-bond donors (Lipinski definition) is 3. The summed E-state index contributed by atoms with van der Waals surface area (Å²) in [5, 5.41) is 5.53. The van der Waals surface area contributed by atoms with Gasteiger partial charge in [0.25, 0.3) is 0 Å². The molecule has 3 aromatic rings. The average Bonchev–Trinajstić information content (AvgIpc) is 3.31. The Morgan fingerprint density at radius 1 is 1.15 bits per heavy atom. The van der Waals surface area contributed by atoms with Crippen molar-refractivity contribution in [2.75, 3.05) is 10.2 Å². The fourth-order valence-electron chi connectivity index (χ4n) is 4.75. The van der Waals surface area contributed by atoms with Crippen molar-refractivity contribution < 1.29 is 18.4 Å². The number of H-pyrrole nitrogens is 1. The van der Waals surface area contributed by atoms with E-state index in [0.29, 0.717) is 18.0 Å². The zero-order valence-corrected chi connectivity index (χ0v) is 18.9. The van der Waals surface area contributed by atoms with E-state index in [4.69, 9.17) is 0 Å². The van der Waals surface area contributed by atoms with Crippen molar-refractivity contribution >= 4 is 34.1 Å². The molecule has 2 heterocycles. The SMILES string of the molecule is Cc1ccccc1N1C(C)CCC1CC(C)NC(=O)C(=O)Nc1c[nH]c2cc(F)c(F)cc12. The third-order valence-electron chi connectivity index (χ3n) is 6.36. The average molecular weight is 455 g/mol. The Morgan fingerprint density at radius 3 is 2.64 bits per heavy atom. The summed E-state index contributed by atoms with van der Waals surface area (Å²) in [5.74, 6) is -3.65. The van der Waals surface area contributed by atoms with Gasteiger partial charge in [-0.1, -0.05) is 18.2 Å². The molecular weight excluding hydrogens is 426 g/mol. The number of aromatic amines is 1. The van der Waals surface area contributed by atoms with Gasteiger partial charge in [0, 0.05) is 41.5 Å². The van der Waals surface area contributed by atoms with Crippen molar-refractivity contribution in [3.05, 3.63) is 59.8 Å². The number of aryl methyl sites for hydroxylation is 1. The number of fused-ring (bicyclic) bond motifs is 1. The van der Waals surface area contributed by atoms with Gasteiger partial charge in [-0.3, -0.25) is 9.59 Å². The second-order valence-corrected chi connectivity index (χ2v) is 8.85. The molecule has 2 aromatic carbocycles. The standard InChI is InChI=1S/C25H28F2N4O2/c1-14-6-4-5-7-23(14)31-16(3)8-9-17(31)10-15(2)29-24(32)25(33)30-22-13-28-21-12-20(27)19(26)11-18(21)22/h4-7,11-13,15-17,28H,8-10H2,1-3H3,(H,29,32)(H,30,33). The van der Waals surface area contributed by atoms with Crippen LogP contribution in [0.15, 0.2) is 42.6 Å². The van der Waals surface area contributed by atoms with Gasteiger partial charge >= 0.3 is 11.8 Å². The number of amides is 2. The van der Waals surface area contributed by atoms with E-state index < -0.39 is 23.4 Å². The fraction of sp³-hybridized carbons (Fsp3) is 0.360. The first kappa shape index (κ1) is 22.8. The van der Waals surface area contributed by atoms with Crippen molar-refractivity contribution in [1.82, 2.24) is 10.3 Å². The summed E-state index contributed by atoms with van der Waals surface area (Å²) in [4.78, 5) is 30.1. The monoisotopic (exact) mass is 454 g/mol. The molecule has 3 atom stereocenters. The highest BCUT2D eigenvalue weighted by Crippen LogP contribution is 2.34. The Balaban J connectivity index is 1.39. The molecule has 0 spiro atoms. The molecular formula is C25H28F2N4O2. The number of anilines is 2. The van der Waals surface area contributed by atoms with Crippen LogP contribution in [0.25, 0.3) is 10.9 Å². The first-order valence-corrected chi connectivity index (χ1v) is 11.2. The molecule has 1 aliphatic heterocycles. The Morgan fingerprint density at radius 2 is 1.88 bits per heavy atom. The fourth-order valence-corrected chi connectivity index (χ4v) is 4.75. The molecule has 174 valence electrons. The van der Waals surface area contributed by atoms with Gasteiger partial charge in [0.15, 0.2) is 11.6 Å². The van der Waals surface area contributed by atoms with Gasteiger partial charge in [-0.15, -0.1) is 0 Å². The van der Waals surface area contributed by atoms with Gasteiger partial charge in [-0.2, -0.15) is 0 Å². The summed E-state index contributed by atoms with van der Waals surface area (Å²) in [6.07, 6.45) is 4.19. The Hall–Kier alpha value is -3.42. The van der Waals surface area contributed by atoms with E-state index in [1.165, 1.54) is 17.4 Å². The van der Waals surface area contributed by atoms with Crippen LogP contribution in [0.4, 0.5) is 20.2 Å². The van der Waals surface area contributed by atoms with Crippen molar-refractivity contribution in [1.29, 1.82) is 0 Å². The van der Waals surface area contributed by atoms with E-state index in [0.717, 1.165) is 25.0 Å². The molecule has 2 amide bonds. The number of nitrogens with one attached hydrogen (secondary N) is 3. The van der Waals surface area contributed by atoms with Crippen molar-refractivity contribution in [2.24, 2.45) is 0 Å². The number of carbonyl (C=O) groups is 2. The second-order valence-electron chi connectivity index (χ2n) is 8.85. The lowest BCUT2D eigenvalue weighted by atomic mass is 10.0. The largest absolute Gasteiger partial charge is 0.366 e. The van der Waals surface area contributed by atoms with Gasteiger partial charge in [-0.25, -0.2) is 8.78 Å². The zero-order chi connectivity index (χ0) is 23.7. The van der Waals surface area contributed by atoms with E-state index in [1.807, 2.05) is 19.1 Å². The molecule has 3 N–H and O–H groups in total. The third kappa shape index (κ3) is 4.69. The minimum Gasteiger partial charge on any atom is -0.366 e. The molecule has 33 heavy (non-hydrogen) atoms. The number of halogens is 2. The number of carbonyl (C=O) groups excluding carboxylic acids is 2. The number of hydrogen-bond acceptors (Lipinski definition) is 3. The summed E-state index contributed by atoms with van der Waals surface area (Å²) >= 11 is 0. The lowest BCUT2D eigenvalue weighted by Crippen LogP contribution is -2.44. The van der Waals surface area contributed by atoms with E-state index in [1.54, 1.807) is 0 Å². The summed E-state index contributed by atoms with van der Waals surface area (Å²) in [7, 11) is 0. The van der Waals surface area contributed by atoms with Gasteiger partial charge in [0.05, 0.1) is 11.2 Å². The minimum atomic E-state index is -1.03. The van der Waals surface area contributed by atoms with Crippen LogP contribution < -0.4 is 15.5 Å². The summed E-state index contributed by atoms with van der Waals surface area (Å²) in [6, 6.07) is 10.7. The maximum absolute atomic E-state index is 13.6. The minimum absolute atomic E-state index is 0.215.